The number of hydrazine groups is 1. The number of anilines is 1. The van der Waals surface area contributed by atoms with Gasteiger partial charge in [-0.05, 0) is 13.0 Å². The smallest absolute Gasteiger partial charge is 0.253 e. The summed E-state index contributed by atoms with van der Waals surface area (Å²) in [5.41, 5.74) is 3.42. The van der Waals surface area contributed by atoms with Crippen LogP contribution in [0.4, 0.5) is 5.69 Å². The van der Waals surface area contributed by atoms with E-state index in [0.717, 1.165) is 0 Å². The first-order valence-electron chi connectivity index (χ1n) is 5.88. The van der Waals surface area contributed by atoms with Crippen LogP contribution in [0.2, 0.25) is 0 Å². The summed E-state index contributed by atoms with van der Waals surface area (Å²) >= 11 is 0. The molecule has 0 saturated heterocycles. The highest BCUT2D eigenvalue weighted by Crippen LogP contribution is 2.11. The number of hydrogen-bond donors (Lipinski definition) is 3. The van der Waals surface area contributed by atoms with E-state index in [1.165, 1.54) is 6.20 Å². The molecule has 2 aromatic heterocycles. The highest BCUT2D eigenvalue weighted by molar-refractivity contribution is 5.99. The molecule has 0 spiro atoms. The number of pyridine rings is 1. The fourth-order valence-electron chi connectivity index (χ4n) is 1.77. The predicted molar refractivity (Wildman–Crippen MR) is 71.2 cm³/mol. The van der Waals surface area contributed by atoms with Gasteiger partial charge in [-0.25, -0.2) is 4.98 Å². The Morgan fingerprint density at radius 2 is 2.32 bits per heavy atom. The van der Waals surface area contributed by atoms with Crippen LogP contribution >= 0.6 is 0 Å². The largest absolute Gasteiger partial charge is 0.348 e. The number of rotatable bonds is 5. The summed E-state index contributed by atoms with van der Waals surface area (Å²) in [6.07, 6.45) is 8.32. The predicted octanol–water partition coefficient (Wildman–Crippen LogP) is 0.382. The van der Waals surface area contributed by atoms with Crippen LogP contribution in [0, 0.1) is 0 Å². The van der Waals surface area contributed by atoms with Gasteiger partial charge in [0.25, 0.3) is 5.91 Å². The molecule has 4 N–H and O–H groups in total. The Kier molecular flexibility index (Phi) is 4.09. The number of imidazole rings is 1. The summed E-state index contributed by atoms with van der Waals surface area (Å²) in [7, 11) is 0. The van der Waals surface area contributed by atoms with Crippen LogP contribution in [-0.2, 0) is 6.54 Å². The van der Waals surface area contributed by atoms with Crippen LogP contribution < -0.4 is 16.6 Å². The fraction of sp³-hybridized carbons (Fsp3) is 0.250. The van der Waals surface area contributed by atoms with Crippen LogP contribution in [0.25, 0.3) is 0 Å². The molecule has 2 aromatic rings. The highest BCUT2D eigenvalue weighted by Gasteiger charge is 2.13. The summed E-state index contributed by atoms with van der Waals surface area (Å²) in [4.78, 5) is 20.0. The third kappa shape index (κ3) is 3.29. The molecule has 0 aromatic carbocycles. The summed E-state index contributed by atoms with van der Waals surface area (Å²) in [6.45, 7) is 2.58. The van der Waals surface area contributed by atoms with E-state index in [2.05, 4.69) is 20.7 Å². The van der Waals surface area contributed by atoms with Crippen molar-refractivity contribution in [3.05, 3.63) is 42.7 Å². The summed E-state index contributed by atoms with van der Waals surface area (Å²) in [6, 6.07) is 1.59. The SMILES string of the molecule is CC(Cn1ccnc1)NC(=O)c1ccncc1NN. The molecule has 1 amide bonds. The first-order chi connectivity index (χ1) is 9.20. The Bertz CT molecular complexity index is 539. The van der Waals surface area contributed by atoms with E-state index in [9.17, 15) is 4.79 Å². The summed E-state index contributed by atoms with van der Waals surface area (Å²) < 4.78 is 1.90. The van der Waals surface area contributed by atoms with Crippen LogP contribution in [0.3, 0.4) is 0 Å². The number of aromatic nitrogens is 3. The molecule has 0 bridgehead atoms. The topological polar surface area (TPSA) is 97.9 Å². The van der Waals surface area contributed by atoms with Crippen molar-refractivity contribution in [3.63, 3.8) is 0 Å². The lowest BCUT2D eigenvalue weighted by Gasteiger charge is -2.15. The van der Waals surface area contributed by atoms with Gasteiger partial charge in [0.15, 0.2) is 0 Å². The molecule has 0 aliphatic carbocycles. The average Bonchev–Trinajstić information content (AvgIpc) is 2.91. The maximum Gasteiger partial charge on any atom is 0.253 e. The van der Waals surface area contributed by atoms with Gasteiger partial charge in [-0.3, -0.25) is 15.6 Å². The van der Waals surface area contributed by atoms with E-state index >= 15 is 0 Å². The van der Waals surface area contributed by atoms with Crippen molar-refractivity contribution in [2.24, 2.45) is 5.84 Å². The maximum absolute atomic E-state index is 12.1. The minimum atomic E-state index is -0.192. The third-order valence-corrected chi connectivity index (χ3v) is 2.64. The lowest BCUT2D eigenvalue weighted by atomic mass is 10.2. The van der Waals surface area contributed by atoms with Crippen molar-refractivity contribution < 1.29 is 4.79 Å². The molecule has 1 atom stereocenters. The van der Waals surface area contributed by atoms with E-state index in [1.807, 2.05) is 17.7 Å². The molecule has 0 radical (unpaired) electrons. The van der Waals surface area contributed by atoms with Crippen LogP contribution in [-0.4, -0.2) is 26.5 Å². The first-order valence-corrected chi connectivity index (χ1v) is 5.88. The molecule has 0 fully saturated rings. The van der Waals surface area contributed by atoms with E-state index in [4.69, 9.17) is 5.84 Å². The molecule has 19 heavy (non-hydrogen) atoms. The van der Waals surface area contributed by atoms with Crippen molar-refractivity contribution in [3.8, 4) is 0 Å². The quantitative estimate of drug-likeness (QED) is 0.533. The molecule has 0 saturated carbocycles. The molecule has 7 heteroatoms. The van der Waals surface area contributed by atoms with Crippen LogP contribution in [0.15, 0.2) is 37.2 Å². The van der Waals surface area contributed by atoms with Crippen LogP contribution in [0.5, 0.6) is 0 Å². The fourth-order valence-corrected chi connectivity index (χ4v) is 1.77. The van der Waals surface area contributed by atoms with E-state index in [-0.39, 0.29) is 11.9 Å². The number of amides is 1. The Morgan fingerprint density at radius 3 is 3.00 bits per heavy atom. The Labute approximate surface area is 110 Å². The zero-order valence-corrected chi connectivity index (χ0v) is 10.6. The molecule has 7 nitrogen and oxygen atoms in total. The molecular weight excluding hydrogens is 244 g/mol. The summed E-state index contributed by atoms with van der Waals surface area (Å²) in [5, 5.41) is 2.90. The normalized spacial score (nSPS) is 11.9. The maximum atomic E-state index is 12.1. The molecule has 2 heterocycles. The second kappa shape index (κ2) is 5.96. The standard InChI is InChI=1S/C12H16N6O/c1-9(7-18-5-4-15-8-18)16-12(19)10-2-3-14-6-11(10)17-13/h2-6,8-9,17H,7,13H2,1H3,(H,16,19). The first kappa shape index (κ1) is 13.0. The molecule has 0 aliphatic heterocycles. The van der Waals surface area contributed by atoms with Crippen molar-refractivity contribution in [1.29, 1.82) is 0 Å². The Hall–Kier alpha value is -2.41. The molecule has 1 unspecified atom stereocenters. The van der Waals surface area contributed by atoms with Crippen molar-refractivity contribution in [2.45, 2.75) is 19.5 Å². The van der Waals surface area contributed by atoms with Crippen molar-refractivity contribution in [1.82, 2.24) is 19.9 Å². The Balaban J connectivity index is 2.00. The van der Waals surface area contributed by atoms with E-state index in [1.54, 1.807) is 24.8 Å². The van der Waals surface area contributed by atoms with Gasteiger partial charge in [0.05, 0.1) is 23.8 Å². The minimum absolute atomic E-state index is 0.0273. The number of carbonyl (C=O) groups is 1. The molecular formula is C12H16N6O. The number of nitrogens with two attached hydrogens (primary N) is 1. The number of carbonyl (C=O) groups excluding carboxylic acids is 1. The van der Waals surface area contributed by atoms with Gasteiger partial charge in [-0.2, -0.15) is 0 Å². The van der Waals surface area contributed by atoms with Gasteiger partial charge in [-0.1, -0.05) is 0 Å². The lowest BCUT2D eigenvalue weighted by Crippen LogP contribution is -2.36. The van der Waals surface area contributed by atoms with Gasteiger partial charge in [0, 0.05) is 31.2 Å². The minimum Gasteiger partial charge on any atom is -0.348 e. The zero-order chi connectivity index (χ0) is 13.7. The number of nitrogens with one attached hydrogen (secondary N) is 2. The van der Waals surface area contributed by atoms with Gasteiger partial charge in [0.1, 0.15) is 0 Å². The number of nitrogens with zero attached hydrogens (tertiary/aromatic N) is 3. The second-order valence-electron chi connectivity index (χ2n) is 4.20. The van der Waals surface area contributed by atoms with Gasteiger partial charge in [-0.15, -0.1) is 0 Å². The zero-order valence-electron chi connectivity index (χ0n) is 10.6. The number of nitrogen functional groups attached to an aromatic ring is 1. The van der Waals surface area contributed by atoms with Crippen molar-refractivity contribution >= 4 is 11.6 Å². The van der Waals surface area contributed by atoms with E-state index < -0.39 is 0 Å². The lowest BCUT2D eigenvalue weighted by molar-refractivity contribution is 0.0937. The van der Waals surface area contributed by atoms with Gasteiger partial charge < -0.3 is 15.3 Å². The van der Waals surface area contributed by atoms with Gasteiger partial charge in [0.2, 0.25) is 0 Å². The van der Waals surface area contributed by atoms with Gasteiger partial charge >= 0.3 is 0 Å². The molecule has 0 aliphatic rings. The van der Waals surface area contributed by atoms with Crippen molar-refractivity contribution in [2.75, 3.05) is 5.43 Å². The monoisotopic (exact) mass is 260 g/mol. The van der Waals surface area contributed by atoms with Crippen LogP contribution in [0.1, 0.15) is 17.3 Å². The highest BCUT2D eigenvalue weighted by atomic mass is 16.1. The van der Waals surface area contributed by atoms with E-state index in [0.29, 0.717) is 17.8 Å². The summed E-state index contributed by atoms with van der Waals surface area (Å²) in [5.74, 6) is 5.15. The second-order valence-corrected chi connectivity index (χ2v) is 4.20. The average molecular weight is 260 g/mol. The Morgan fingerprint density at radius 1 is 1.47 bits per heavy atom. The number of hydrogen-bond acceptors (Lipinski definition) is 5. The molecule has 2 rings (SSSR count). The molecule has 100 valence electrons. The third-order valence-electron chi connectivity index (χ3n) is 2.64.